The van der Waals surface area contributed by atoms with Gasteiger partial charge in [-0.2, -0.15) is 0 Å². The van der Waals surface area contributed by atoms with E-state index in [1.165, 1.54) is 10.8 Å². The molecule has 0 bridgehead atoms. The van der Waals surface area contributed by atoms with Crippen molar-refractivity contribution in [1.82, 2.24) is 5.32 Å². The number of carbonyl (C=O) groups is 1. The standard InChI is InChI=1S/C16H20N2O.ClH/c1-11(10-17)16(19)18-12(2)14-9-5-7-13-6-3-4-8-15(13)14;/h3-9,11-12H,10,17H2,1-2H3,(H,18,19);1H. The van der Waals surface area contributed by atoms with Crippen LogP contribution in [0.3, 0.4) is 0 Å². The van der Waals surface area contributed by atoms with E-state index in [1.54, 1.807) is 0 Å². The number of fused-ring (bicyclic) bond motifs is 1. The van der Waals surface area contributed by atoms with Crippen molar-refractivity contribution >= 4 is 29.1 Å². The van der Waals surface area contributed by atoms with E-state index in [-0.39, 0.29) is 30.3 Å². The fraction of sp³-hybridized carbons (Fsp3) is 0.312. The molecular weight excluding hydrogens is 272 g/mol. The van der Waals surface area contributed by atoms with Crippen molar-refractivity contribution in [1.29, 1.82) is 0 Å². The number of benzene rings is 2. The van der Waals surface area contributed by atoms with Gasteiger partial charge < -0.3 is 11.1 Å². The Labute approximate surface area is 126 Å². The molecule has 2 atom stereocenters. The van der Waals surface area contributed by atoms with Crippen LogP contribution in [-0.4, -0.2) is 12.5 Å². The molecule has 0 radical (unpaired) electrons. The molecule has 2 aromatic carbocycles. The van der Waals surface area contributed by atoms with Crippen molar-refractivity contribution < 1.29 is 4.79 Å². The third-order valence-corrected chi connectivity index (χ3v) is 3.45. The minimum absolute atomic E-state index is 0. The molecule has 0 aliphatic rings. The number of carbonyl (C=O) groups excluding carboxylic acids is 1. The fourth-order valence-electron chi connectivity index (χ4n) is 2.17. The summed E-state index contributed by atoms with van der Waals surface area (Å²) >= 11 is 0. The van der Waals surface area contributed by atoms with Crippen molar-refractivity contribution in [2.24, 2.45) is 11.7 Å². The van der Waals surface area contributed by atoms with Gasteiger partial charge in [-0.3, -0.25) is 4.79 Å². The van der Waals surface area contributed by atoms with Gasteiger partial charge in [0.1, 0.15) is 0 Å². The molecule has 0 spiro atoms. The number of nitrogens with one attached hydrogen (secondary N) is 1. The smallest absolute Gasteiger partial charge is 0.224 e. The van der Waals surface area contributed by atoms with Gasteiger partial charge in [-0.25, -0.2) is 0 Å². The Morgan fingerprint density at radius 1 is 1.15 bits per heavy atom. The molecule has 108 valence electrons. The van der Waals surface area contributed by atoms with Crippen LogP contribution in [0.25, 0.3) is 10.8 Å². The third kappa shape index (κ3) is 3.50. The molecule has 2 rings (SSSR count). The lowest BCUT2D eigenvalue weighted by Gasteiger charge is -2.18. The van der Waals surface area contributed by atoms with Crippen LogP contribution in [0.1, 0.15) is 25.5 Å². The average Bonchev–Trinajstić information content (AvgIpc) is 2.45. The molecule has 3 nitrogen and oxygen atoms in total. The molecule has 3 N–H and O–H groups in total. The minimum Gasteiger partial charge on any atom is -0.349 e. The number of rotatable bonds is 4. The number of hydrogen-bond donors (Lipinski definition) is 2. The maximum absolute atomic E-state index is 11.9. The molecular formula is C16H21ClN2O. The van der Waals surface area contributed by atoms with Crippen LogP contribution in [0.15, 0.2) is 42.5 Å². The summed E-state index contributed by atoms with van der Waals surface area (Å²) in [6, 6.07) is 14.3. The molecule has 1 amide bonds. The first-order chi connectivity index (χ1) is 9.13. The van der Waals surface area contributed by atoms with Crippen LogP contribution in [0.5, 0.6) is 0 Å². The molecule has 0 heterocycles. The van der Waals surface area contributed by atoms with Gasteiger partial charge in [-0.1, -0.05) is 49.4 Å². The highest BCUT2D eigenvalue weighted by Crippen LogP contribution is 2.24. The zero-order chi connectivity index (χ0) is 13.8. The lowest BCUT2D eigenvalue weighted by atomic mass is 9.99. The molecule has 20 heavy (non-hydrogen) atoms. The van der Waals surface area contributed by atoms with Crippen LogP contribution in [0.4, 0.5) is 0 Å². The van der Waals surface area contributed by atoms with Crippen molar-refractivity contribution in [3.8, 4) is 0 Å². The molecule has 0 aliphatic carbocycles. The third-order valence-electron chi connectivity index (χ3n) is 3.45. The van der Waals surface area contributed by atoms with Crippen LogP contribution in [0.2, 0.25) is 0 Å². The van der Waals surface area contributed by atoms with E-state index >= 15 is 0 Å². The zero-order valence-corrected chi connectivity index (χ0v) is 12.6. The van der Waals surface area contributed by atoms with Gasteiger partial charge in [0.25, 0.3) is 0 Å². The highest BCUT2D eigenvalue weighted by Gasteiger charge is 2.15. The molecule has 0 saturated carbocycles. The SMILES string of the molecule is CC(CN)C(=O)NC(C)c1cccc2ccccc12.Cl. The Kier molecular flexibility index (Phi) is 5.99. The van der Waals surface area contributed by atoms with E-state index < -0.39 is 0 Å². The van der Waals surface area contributed by atoms with E-state index in [1.807, 2.05) is 32.0 Å². The fourth-order valence-corrected chi connectivity index (χ4v) is 2.17. The van der Waals surface area contributed by atoms with Crippen molar-refractivity contribution in [2.45, 2.75) is 19.9 Å². The van der Waals surface area contributed by atoms with Gasteiger partial charge in [-0.05, 0) is 23.3 Å². The van der Waals surface area contributed by atoms with Crippen LogP contribution < -0.4 is 11.1 Å². The second kappa shape index (κ2) is 7.27. The highest BCUT2D eigenvalue weighted by molar-refractivity contribution is 5.87. The summed E-state index contributed by atoms with van der Waals surface area (Å²) in [4.78, 5) is 11.9. The highest BCUT2D eigenvalue weighted by atomic mass is 35.5. The van der Waals surface area contributed by atoms with Crippen molar-refractivity contribution in [3.63, 3.8) is 0 Å². The second-order valence-corrected chi connectivity index (χ2v) is 4.94. The van der Waals surface area contributed by atoms with Crippen molar-refractivity contribution in [3.05, 3.63) is 48.0 Å². The van der Waals surface area contributed by atoms with Crippen LogP contribution in [-0.2, 0) is 4.79 Å². The lowest BCUT2D eigenvalue weighted by molar-refractivity contribution is -0.124. The summed E-state index contributed by atoms with van der Waals surface area (Å²) in [6.07, 6.45) is 0. The Hall–Kier alpha value is -1.58. The van der Waals surface area contributed by atoms with E-state index in [2.05, 4.69) is 29.6 Å². The molecule has 2 aromatic rings. The molecule has 4 heteroatoms. The summed E-state index contributed by atoms with van der Waals surface area (Å²) in [5.74, 6) is -0.152. The normalized spacial score (nSPS) is 13.3. The summed E-state index contributed by atoms with van der Waals surface area (Å²) in [5, 5.41) is 5.39. The molecule has 0 aromatic heterocycles. The van der Waals surface area contributed by atoms with Gasteiger partial charge in [0.15, 0.2) is 0 Å². The summed E-state index contributed by atoms with van der Waals surface area (Å²) in [7, 11) is 0. The first-order valence-electron chi connectivity index (χ1n) is 6.61. The Morgan fingerprint density at radius 3 is 2.50 bits per heavy atom. The van der Waals surface area contributed by atoms with E-state index in [0.29, 0.717) is 6.54 Å². The van der Waals surface area contributed by atoms with E-state index in [9.17, 15) is 4.79 Å². The van der Waals surface area contributed by atoms with Gasteiger partial charge in [0, 0.05) is 12.5 Å². The zero-order valence-electron chi connectivity index (χ0n) is 11.8. The predicted octanol–water partition coefficient (Wildman–Crippen LogP) is 3.03. The molecule has 0 aliphatic heterocycles. The lowest BCUT2D eigenvalue weighted by Crippen LogP contribution is -2.34. The van der Waals surface area contributed by atoms with Crippen LogP contribution in [0, 0.1) is 5.92 Å². The van der Waals surface area contributed by atoms with Gasteiger partial charge in [0.2, 0.25) is 5.91 Å². The summed E-state index contributed by atoms with van der Waals surface area (Å²) in [5.41, 5.74) is 6.65. The van der Waals surface area contributed by atoms with Gasteiger partial charge >= 0.3 is 0 Å². The maximum Gasteiger partial charge on any atom is 0.224 e. The maximum atomic E-state index is 11.9. The van der Waals surface area contributed by atoms with Crippen molar-refractivity contribution in [2.75, 3.05) is 6.54 Å². The second-order valence-electron chi connectivity index (χ2n) is 4.94. The number of hydrogen-bond acceptors (Lipinski definition) is 2. The Morgan fingerprint density at radius 2 is 1.80 bits per heavy atom. The first-order valence-corrected chi connectivity index (χ1v) is 6.61. The van der Waals surface area contributed by atoms with Gasteiger partial charge in [0.05, 0.1) is 6.04 Å². The summed E-state index contributed by atoms with van der Waals surface area (Å²) < 4.78 is 0. The predicted molar refractivity (Wildman–Crippen MR) is 86.0 cm³/mol. The topological polar surface area (TPSA) is 55.1 Å². The van der Waals surface area contributed by atoms with Gasteiger partial charge in [-0.15, -0.1) is 12.4 Å². The largest absolute Gasteiger partial charge is 0.349 e. The molecule has 0 fully saturated rings. The molecule has 2 unspecified atom stereocenters. The monoisotopic (exact) mass is 292 g/mol. The minimum atomic E-state index is -0.155. The number of halogens is 1. The number of amides is 1. The quantitative estimate of drug-likeness (QED) is 0.910. The number of nitrogens with two attached hydrogens (primary N) is 1. The van der Waals surface area contributed by atoms with E-state index in [4.69, 9.17) is 5.73 Å². The molecule has 0 saturated heterocycles. The Balaban J connectivity index is 0.00000200. The van der Waals surface area contributed by atoms with E-state index in [0.717, 1.165) is 5.56 Å². The van der Waals surface area contributed by atoms with Crippen LogP contribution >= 0.6 is 12.4 Å². The average molecular weight is 293 g/mol. The Bertz CT molecular complexity index is 580. The summed E-state index contributed by atoms with van der Waals surface area (Å²) in [6.45, 7) is 4.21. The first kappa shape index (κ1) is 16.5.